The van der Waals surface area contributed by atoms with Crippen LogP contribution >= 0.6 is 0 Å². The van der Waals surface area contributed by atoms with Gasteiger partial charge in [0.05, 0.1) is 5.56 Å². The fourth-order valence-corrected chi connectivity index (χ4v) is 2.70. The third-order valence-corrected chi connectivity index (χ3v) is 4.17. The summed E-state index contributed by atoms with van der Waals surface area (Å²) >= 11 is 0. The molecule has 3 rings (SSSR count). The molecule has 128 valence electrons. The number of aromatic nitrogens is 2. The Morgan fingerprint density at radius 1 is 1.04 bits per heavy atom. The average Bonchev–Trinajstić information content (AvgIpc) is 3.02. The number of benzene rings is 2. The maximum absolute atomic E-state index is 10.9. The third-order valence-electron chi connectivity index (χ3n) is 4.17. The molecule has 1 heterocycles. The van der Waals surface area contributed by atoms with E-state index in [9.17, 15) is 4.79 Å². The van der Waals surface area contributed by atoms with Crippen molar-refractivity contribution < 1.29 is 9.90 Å². The van der Waals surface area contributed by atoms with Crippen LogP contribution in [0.2, 0.25) is 0 Å². The lowest BCUT2D eigenvalue weighted by Crippen LogP contribution is -2.08. The number of imidazole rings is 1. The van der Waals surface area contributed by atoms with Crippen molar-refractivity contribution in [2.24, 2.45) is 0 Å². The van der Waals surface area contributed by atoms with E-state index in [1.165, 1.54) is 11.3 Å². The van der Waals surface area contributed by atoms with Crippen LogP contribution in [0.3, 0.4) is 0 Å². The van der Waals surface area contributed by atoms with Gasteiger partial charge in [-0.1, -0.05) is 24.3 Å². The largest absolute Gasteiger partial charge is 0.478 e. The van der Waals surface area contributed by atoms with Crippen molar-refractivity contribution in [3.05, 3.63) is 83.4 Å². The van der Waals surface area contributed by atoms with Gasteiger partial charge in [0.15, 0.2) is 0 Å². The van der Waals surface area contributed by atoms with Gasteiger partial charge in [-0.05, 0) is 35.4 Å². The Labute approximate surface area is 147 Å². The quantitative estimate of drug-likeness (QED) is 0.751. The number of rotatable bonds is 6. The Bertz CT molecular complexity index is 849. The highest BCUT2D eigenvalue weighted by molar-refractivity contribution is 5.87. The van der Waals surface area contributed by atoms with Crippen LogP contribution < -0.4 is 4.90 Å². The Hall–Kier alpha value is -3.08. The SMILES string of the molecule is CN(C)c1ccc(Cc2nccn2Cc2ccc(C(=O)O)cc2)cc1. The minimum Gasteiger partial charge on any atom is -0.478 e. The van der Waals surface area contributed by atoms with Crippen LogP contribution in [0.4, 0.5) is 5.69 Å². The van der Waals surface area contributed by atoms with Gasteiger partial charge in [-0.15, -0.1) is 0 Å². The highest BCUT2D eigenvalue weighted by atomic mass is 16.4. The summed E-state index contributed by atoms with van der Waals surface area (Å²) in [7, 11) is 4.05. The maximum Gasteiger partial charge on any atom is 0.335 e. The molecule has 1 aromatic heterocycles. The van der Waals surface area contributed by atoms with E-state index < -0.39 is 5.97 Å². The summed E-state index contributed by atoms with van der Waals surface area (Å²) in [6.45, 7) is 0.672. The highest BCUT2D eigenvalue weighted by Crippen LogP contribution is 2.16. The van der Waals surface area contributed by atoms with Gasteiger partial charge in [0.1, 0.15) is 5.82 Å². The smallest absolute Gasteiger partial charge is 0.335 e. The lowest BCUT2D eigenvalue weighted by Gasteiger charge is -2.13. The normalized spacial score (nSPS) is 10.6. The molecule has 0 aliphatic carbocycles. The first kappa shape index (κ1) is 16.8. The van der Waals surface area contributed by atoms with Crippen LogP contribution in [-0.2, 0) is 13.0 Å². The van der Waals surface area contributed by atoms with E-state index in [1.54, 1.807) is 18.3 Å². The van der Waals surface area contributed by atoms with E-state index in [-0.39, 0.29) is 0 Å². The second kappa shape index (κ2) is 7.21. The average molecular weight is 335 g/mol. The molecule has 0 bridgehead atoms. The fraction of sp³-hybridized carbons (Fsp3) is 0.200. The minimum atomic E-state index is -0.906. The van der Waals surface area contributed by atoms with Crippen LogP contribution in [0, 0.1) is 0 Å². The fourth-order valence-electron chi connectivity index (χ4n) is 2.70. The molecule has 0 aliphatic heterocycles. The number of hydrogen-bond acceptors (Lipinski definition) is 3. The van der Waals surface area contributed by atoms with E-state index in [1.807, 2.05) is 32.4 Å². The summed E-state index contributed by atoms with van der Waals surface area (Å²) in [6, 6.07) is 15.4. The van der Waals surface area contributed by atoms with Gasteiger partial charge in [0.2, 0.25) is 0 Å². The second-order valence-electron chi connectivity index (χ2n) is 6.21. The molecule has 0 aliphatic rings. The van der Waals surface area contributed by atoms with E-state index in [4.69, 9.17) is 5.11 Å². The van der Waals surface area contributed by atoms with Crippen molar-refractivity contribution in [2.45, 2.75) is 13.0 Å². The van der Waals surface area contributed by atoms with Crippen molar-refractivity contribution in [3.8, 4) is 0 Å². The minimum absolute atomic E-state index is 0.301. The summed E-state index contributed by atoms with van der Waals surface area (Å²) in [4.78, 5) is 17.5. The van der Waals surface area contributed by atoms with Crippen molar-refractivity contribution in [1.82, 2.24) is 9.55 Å². The molecule has 25 heavy (non-hydrogen) atoms. The van der Waals surface area contributed by atoms with Crippen molar-refractivity contribution in [1.29, 1.82) is 0 Å². The first-order valence-corrected chi connectivity index (χ1v) is 8.11. The third kappa shape index (κ3) is 4.07. The highest BCUT2D eigenvalue weighted by Gasteiger charge is 2.07. The predicted octanol–water partition coefficient (Wildman–Crippen LogP) is 3.29. The summed E-state index contributed by atoms with van der Waals surface area (Å²) in [6.07, 6.45) is 4.51. The molecule has 0 radical (unpaired) electrons. The molecular weight excluding hydrogens is 314 g/mol. The van der Waals surface area contributed by atoms with Crippen LogP contribution in [0.15, 0.2) is 60.9 Å². The van der Waals surface area contributed by atoms with Crippen molar-refractivity contribution in [3.63, 3.8) is 0 Å². The van der Waals surface area contributed by atoms with E-state index >= 15 is 0 Å². The predicted molar refractivity (Wildman–Crippen MR) is 98.3 cm³/mol. The van der Waals surface area contributed by atoms with Crippen LogP contribution in [-0.4, -0.2) is 34.7 Å². The molecule has 0 unspecified atom stereocenters. The van der Waals surface area contributed by atoms with Crippen LogP contribution in [0.25, 0.3) is 0 Å². The maximum atomic E-state index is 10.9. The molecule has 0 amide bonds. The zero-order valence-electron chi connectivity index (χ0n) is 14.4. The number of nitrogens with zero attached hydrogens (tertiary/aromatic N) is 3. The molecule has 0 saturated heterocycles. The lowest BCUT2D eigenvalue weighted by molar-refractivity contribution is 0.0697. The van der Waals surface area contributed by atoms with Crippen LogP contribution in [0.5, 0.6) is 0 Å². The van der Waals surface area contributed by atoms with E-state index in [0.29, 0.717) is 12.1 Å². The molecule has 0 spiro atoms. The molecule has 2 aromatic carbocycles. The zero-order valence-corrected chi connectivity index (χ0v) is 14.4. The Morgan fingerprint density at radius 3 is 2.28 bits per heavy atom. The molecule has 5 heteroatoms. The van der Waals surface area contributed by atoms with E-state index in [2.05, 4.69) is 38.7 Å². The molecular formula is C20H21N3O2. The first-order valence-electron chi connectivity index (χ1n) is 8.11. The molecule has 0 atom stereocenters. The van der Waals surface area contributed by atoms with E-state index in [0.717, 1.165) is 17.8 Å². The van der Waals surface area contributed by atoms with Crippen LogP contribution in [0.1, 0.15) is 27.3 Å². The summed E-state index contributed by atoms with van der Waals surface area (Å²) in [5, 5.41) is 8.98. The summed E-state index contributed by atoms with van der Waals surface area (Å²) < 4.78 is 2.09. The number of carbonyl (C=O) groups is 1. The standard InChI is InChI=1S/C20H21N3O2/c1-22(2)18-9-5-15(6-10-18)13-19-21-11-12-23(19)14-16-3-7-17(8-4-16)20(24)25/h3-12H,13-14H2,1-2H3,(H,24,25). The number of carboxylic acid groups (broad SMARTS) is 1. The molecule has 1 N–H and O–H groups in total. The Kier molecular flexibility index (Phi) is 4.84. The summed E-state index contributed by atoms with van der Waals surface area (Å²) in [5.74, 6) is 0.0796. The number of carboxylic acids is 1. The van der Waals surface area contributed by atoms with Gasteiger partial charge in [0.25, 0.3) is 0 Å². The summed E-state index contributed by atoms with van der Waals surface area (Å²) in [5.41, 5.74) is 3.73. The van der Waals surface area contributed by atoms with Crippen molar-refractivity contribution >= 4 is 11.7 Å². The topological polar surface area (TPSA) is 58.4 Å². The number of aromatic carboxylic acids is 1. The monoisotopic (exact) mass is 335 g/mol. The van der Waals surface area contributed by atoms with Gasteiger partial charge < -0.3 is 14.6 Å². The van der Waals surface area contributed by atoms with Gasteiger partial charge in [-0.2, -0.15) is 0 Å². The second-order valence-corrected chi connectivity index (χ2v) is 6.21. The zero-order chi connectivity index (χ0) is 17.8. The first-order chi connectivity index (χ1) is 12.0. The molecule has 3 aromatic rings. The van der Waals surface area contributed by atoms with Gasteiger partial charge in [-0.3, -0.25) is 0 Å². The number of hydrogen-bond donors (Lipinski definition) is 1. The number of anilines is 1. The van der Waals surface area contributed by atoms with Gasteiger partial charge in [0, 0.05) is 45.1 Å². The molecule has 0 fully saturated rings. The van der Waals surface area contributed by atoms with Crippen molar-refractivity contribution in [2.75, 3.05) is 19.0 Å². The molecule has 0 saturated carbocycles. The van der Waals surface area contributed by atoms with Gasteiger partial charge in [-0.25, -0.2) is 9.78 Å². The molecule has 5 nitrogen and oxygen atoms in total. The van der Waals surface area contributed by atoms with Gasteiger partial charge >= 0.3 is 5.97 Å². The lowest BCUT2D eigenvalue weighted by atomic mass is 10.1. The Morgan fingerprint density at radius 2 is 1.68 bits per heavy atom. The Balaban J connectivity index is 1.73.